The fourth-order valence-electron chi connectivity index (χ4n) is 2.44. The van der Waals surface area contributed by atoms with Crippen LogP contribution in [0.25, 0.3) is 0 Å². The van der Waals surface area contributed by atoms with Crippen LogP contribution in [0.15, 0.2) is 24.3 Å². The number of carboxylic acids is 1. The van der Waals surface area contributed by atoms with Crippen molar-refractivity contribution in [2.45, 2.75) is 53.5 Å². The smallest absolute Gasteiger partial charge is 0.310 e. The monoisotopic (exact) mass is 321 g/mol. The maximum absolute atomic E-state index is 11.5. The first-order valence-electron chi connectivity index (χ1n) is 8.59. The molecular formula is C19H31NO3. The summed E-state index contributed by atoms with van der Waals surface area (Å²) in [5.74, 6) is 0.811. The van der Waals surface area contributed by atoms with Gasteiger partial charge in [-0.2, -0.15) is 0 Å². The molecule has 0 atom stereocenters. The van der Waals surface area contributed by atoms with Crippen molar-refractivity contribution in [2.24, 2.45) is 11.3 Å². The van der Waals surface area contributed by atoms with Gasteiger partial charge in [0.25, 0.3) is 0 Å². The van der Waals surface area contributed by atoms with Crippen LogP contribution in [0, 0.1) is 11.3 Å². The molecule has 0 aliphatic heterocycles. The van der Waals surface area contributed by atoms with E-state index in [0.717, 1.165) is 24.3 Å². The minimum absolute atomic E-state index is 0.488. The number of rotatable bonds is 11. The first-order chi connectivity index (χ1) is 10.9. The summed E-state index contributed by atoms with van der Waals surface area (Å²) >= 11 is 0. The lowest BCUT2D eigenvalue weighted by molar-refractivity contribution is -0.149. The zero-order valence-electron chi connectivity index (χ0n) is 14.9. The largest absolute Gasteiger partial charge is 0.494 e. The minimum Gasteiger partial charge on any atom is -0.494 e. The van der Waals surface area contributed by atoms with Crippen molar-refractivity contribution >= 4 is 5.97 Å². The number of carbonyl (C=O) groups is 1. The van der Waals surface area contributed by atoms with Crippen LogP contribution in [0.2, 0.25) is 0 Å². The van der Waals surface area contributed by atoms with Gasteiger partial charge >= 0.3 is 5.97 Å². The molecule has 1 aromatic carbocycles. The summed E-state index contributed by atoms with van der Waals surface area (Å²) in [4.78, 5) is 11.5. The Morgan fingerprint density at radius 1 is 1.22 bits per heavy atom. The molecule has 0 unspecified atom stereocenters. The predicted octanol–water partition coefficient (Wildman–Crippen LogP) is 4.09. The zero-order valence-corrected chi connectivity index (χ0v) is 14.9. The Hall–Kier alpha value is -1.55. The normalized spacial score (nSPS) is 11.7. The van der Waals surface area contributed by atoms with E-state index in [1.54, 1.807) is 0 Å². The molecule has 1 aromatic rings. The molecule has 0 amide bonds. The van der Waals surface area contributed by atoms with Crippen molar-refractivity contribution in [1.82, 2.24) is 5.32 Å². The molecule has 0 heterocycles. The SMILES string of the molecule is CCC(CC)(CNCc1ccc(OCCC(C)C)cc1)C(=O)O. The molecule has 4 nitrogen and oxygen atoms in total. The van der Waals surface area contributed by atoms with Gasteiger partial charge in [0.15, 0.2) is 0 Å². The second kappa shape index (κ2) is 9.56. The molecule has 2 N–H and O–H groups in total. The van der Waals surface area contributed by atoms with Gasteiger partial charge in [0.05, 0.1) is 12.0 Å². The number of nitrogens with one attached hydrogen (secondary N) is 1. The summed E-state index contributed by atoms with van der Waals surface area (Å²) in [6.07, 6.45) is 2.32. The van der Waals surface area contributed by atoms with Crippen LogP contribution in [0.3, 0.4) is 0 Å². The topological polar surface area (TPSA) is 58.6 Å². The van der Waals surface area contributed by atoms with Gasteiger partial charge in [0, 0.05) is 13.1 Å². The third-order valence-corrected chi connectivity index (χ3v) is 4.49. The molecule has 0 saturated heterocycles. The van der Waals surface area contributed by atoms with Gasteiger partial charge in [-0.25, -0.2) is 0 Å². The lowest BCUT2D eigenvalue weighted by atomic mass is 9.82. The fraction of sp³-hybridized carbons (Fsp3) is 0.632. The summed E-state index contributed by atoms with van der Waals surface area (Å²) in [5.41, 5.74) is 0.465. The van der Waals surface area contributed by atoms with Gasteiger partial charge in [0.1, 0.15) is 5.75 Å². The first kappa shape index (κ1) is 19.5. The Labute approximate surface area is 140 Å². The van der Waals surface area contributed by atoms with Crippen molar-refractivity contribution in [3.8, 4) is 5.75 Å². The summed E-state index contributed by atoms with van der Waals surface area (Å²) in [6.45, 7) is 10.1. The van der Waals surface area contributed by atoms with Crippen LogP contribution in [0.1, 0.15) is 52.5 Å². The third-order valence-electron chi connectivity index (χ3n) is 4.49. The van der Waals surface area contributed by atoms with Gasteiger partial charge < -0.3 is 15.2 Å². The molecule has 0 aromatic heterocycles. The highest BCUT2D eigenvalue weighted by Gasteiger charge is 2.34. The summed E-state index contributed by atoms with van der Waals surface area (Å²) < 4.78 is 5.70. The standard InChI is InChI=1S/C19H31NO3/c1-5-19(6-2,18(21)22)14-20-13-16-7-9-17(10-8-16)23-12-11-15(3)4/h7-10,15,20H,5-6,11-14H2,1-4H3,(H,21,22). The Bertz CT molecular complexity index is 464. The Kier molecular flexibility index (Phi) is 8.10. The van der Waals surface area contributed by atoms with E-state index in [-0.39, 0.29) is 0 Å². The number of hydrogen-bond acceptors (Lipinski definition) is 3. The Morgan fingerprint density at radius 3 is 2.30 bits per heavy atom. The fourth-order valence-corrected chi connectivity index (χ4v) is 2.44. The Morgan fingerprint density at radius 2 is 1.83 bits per heavy atom. The molecule has 1 rings (SSSR count). The lowest BCUT2D eigenvalue weighted by Crippen LogP contribution is -2.39. The van der Waals surface area contributed by atoms with Crippen LogP contribution < -0.4 is 10.1 Å². The second-order valence-corrected chi connectivity index (χ2v) is 6.57. The molecule has 0 fully saturated rings. The molecule has 0 aliphatic carbocycles. The van der Waals surface area contributed by atoms with Crippen LogP contribution in [0.5, 0.6) is 5.75 Å². The number of hydrogen-bond donors (Lipinski definition) is 2. The van der Waals surface area contributed by atoms with E-state index in [1.807, 2.05) is 38.1 Å². The number of carboxylic acid groups (broad SMARTS) is 1. The molecule has 0 radical (unpaired) electrons. The van der Waals surface area contributed by atoms with E-state index in [0.29, 0.717) is 31.8 Å². The lowest BCUT2D eigenvalue weighted by Gasteiger charge is -2.27. The van der Waals surface area contributed by atoms with Crippen LogP contribution in [-0.2, 0) is 11.3 Å². The van der Waals surface area contributed by atoms with Crippen LogP contribution in [-0.4, -0.2) is 24.2 Å². The van der Waals surface area contributed by atoms with Crippen LogP contribution >= 0.6 is 0 Å². The van der Waals surface area contributed by atoms with E-state index >= 15 is 0 Å². The summed E-state index contributed by atoms with van der Waals surface area (Å²) in [5, 5.41) is 12.7. The molecule has 0 bridgehead atoms. The van der Waals surface area contributed by atoms with Crippen molar-refractivity contribution in [3.05, 3.63) is 29.8 Å². The van der Waals surface area contributed by atoms with Crippen molar-refractivity contribution in [1.29, 1.82) is 0 Å². The van der Waals surface area contributed by atoms with E-state index < -0.39 is 11.4 Å². The second-order valence-electron chi connectivity index (χ2n) is 6.57. The van der Waals surface area contributed by atoms with Crippen molar-refractivity contribution in [2.75, 3.05) is 13.2 Å². The highest BCUT2D eigenvalue weighted by molar-refractivity contribution is 5.74. The average Bonchev–Trinajstić information content (AvgIpc) is 2.52. The van der Waals surface area contributed by atoms with Gasteiger partial charge in [-0.15, -0.1) is 0 Å². The molecule has 23 heavy (non-hydrogen) atoms. The first-order valence-corrected chi connectivity index (χ1v) is 8.59. The van der Waals surface area contributed by atoms with E-state index in [4.69, 9.17) is 4.74 Å². The molecule has 130 valence electrons. The quantitative estimate of drug-likeness (QED) is 0.644. The van der Waals surface area contributed by atoms with Gasteiger partial charge in [-0.3, -0.25) is 4.79 Å². The molecule has 0 spiro atoms. The van der Waals surface area contributed by atoms with E-state index in [2.05, 4.69) is 19.2 Å². The van der Waals surface area contributed by atoms with Gasteiger partial charge in [0.2, 0.25) is 0 Å². The average molecular weight is 321 g/mol. The van der Waals surface area contributed by atoms with Crippen LogP contribution in [0.4, 0.5) is 0 Å². The summed E-state index contributed by atoms with van der Waals surface area (Å²) in [7, 11) is 0. The zero-order chi connectivity index (χ0) is 17.3. The van der Waals surface area contributed by atoms with Gasteiger partial charge in [-0.1, -0.05) is 39.8 Å². The summed E-state index contributed by atoms with van der Waals surface area (Å²) in [6, 6.07) is 8.00. The Balaban J connectivity index is 2.45. The highest BCUT2D eigenvalue weighted by atomic mass is 16.5. The highest BCUT2D eigenvalue weighted by Crippen LogP contribution is 2.25. The number of benzene rings is 1. The number of aliphatic carboxylic acids is 1. The van der Waals surface area contributed by atoms with E-state index in [1.165, 1.54) is 0 Å². The van der Waals surface area contributed by atoms with Crippen molar-refractivity contribution in [3.63, 3.8) is 0 Å². The van der Waals surface area contributed by atoms with Gasteiger partial charge in [-0.05, 0) is 42.9 Å². The molecular weight excluding hydrogens is 290 g/mol. The maximum atomic E-state index is 11.5. The third kappa shape index (κ3) is 6.22. The minimum atomic E-state index is -0.719. The van der Waals surface area contributed by atoms with E-state index in [9.17, 15) is 9.90 Å². The molecule has 0 saturated carbocycles. The molecule has 4 heteroatoms. The maximum Gasteiger partial charge on any atom is 0.310 e. The van der Waals surface area contributed by atoms with Crippen molar-refractivity contribution < 1.29 is 14.6 Å². The number of ether oxygens (including phenoxy) is 1. The predicted molar refractivity (Wildman–Crippen MR) is 93.7 cm³/mol. The molecule has 0 aliphatic rings.